The first-order valence-corrected chi connectivity index (χ1v) is 10.0. The van der Waals surface area contributed by atoms with Crippen LogP contribution in [0.4, 0.5) is 0 Å². The highest BCUT2D eigenvalue weighted by molar-refractivity contribution is 7.89. The second-order valence-corrected chi connectivity index (χ2v) is 8.73. The Bertz CT molecular complexity index is 681. The molecule has 0 radical (unpaired) electrons. The fraction of sp³-hybridized carbons (Fsp3) is 0.611. The van der Waals surface area contributed by atoms with Crippen LogP contribution in [0.3, 0.4) is 0 Å². The van der Waals surface area contributed by atoms with Crippen LogP contribution in [0.15, 0.2) is 29.2 Å². The SMILES string of the molecule is Cc1ccc(S(=O)(=O)N[C@H]2CCC[C@]23CCCCCC3=O)cc1. The maximum atomic E-state index is 12.7. The van der Waals surface area contributed by atoms with E-state index in [0.29, 0.717) is 6.42 Å². The Morgan fingerprint density at radius 1 is 1.04 bits per heavy atom. The first-order chi connectivity index (χ1) is 10.9. The third-order valence-electron chi connectivity index (χ3n) is 5.49. The van der Waals surface area contributed by atoms with Gasteiger partial charge < -0.3 is 0 Å². The molecular formula is C18H25NO3S. The summed E-state index contributed by atoms with van der Waals surface area (Å²) in [6.45, 7) is 1.93. The molecule has 1 spiro atoms. The van der Waals surface area contributed by atoms with Gasteiger partial charge in [-0.05, 0) is 44.7 Å². The second-order valence-electron chi connectivity index (χ2n) is 7.02. The highest BCUT2D eigenvalue weighted by Gasteiger charge is 2.49. The molecule has 5 heteroatoms. The summed E-state index contributed by atoms with van der Waals surface area (Å²) in [6, 6.07) is 6.62. The van der Waals surface area contributed by atoms with E-state index in [4.69, 9.17) is 0 Å². The summed E-state index contributed by atoms with van der Waals surface area (Å²) in [5.41, 5.74) is 0.564. The van der Waals surface area contributed by atoms with E-state index in [2.05, 4.69) is 4.72 Å². The molecule has 4 nitrogen and oxygen atoms in total. The predicted molar refractivity (Wildman–Crippen MR) is 89.7 cm³/mol. The molecule has 3 rings (SSSR count). The zero-order chi connectivity index (χ0) is 16.5. The molecule has 0 aromatic heterocycles. The van der Waals surface area contributed by atoms with Gasteiger partial charge in [-0.25, -0.2) is 13.1 Å². The number of hydrogen-bond acceptors (Lipinski definition) is 3. The van der Waals surface area contributed by atoms with Gasteiger partial charge in [-0.3, -0.25) is 4.79 Å². The van der Waals surface area contributed by atoms with E-state index in [9.17, 15) is 13.2 Å². The minimum absolute atomic E-state index is 0.251. The Labute approximate surface area is 138 Å². The number of ketones is 1. The molecule has 0 amide bonds. The topological polar surface area (TPSA) is 63.2 Å². The number of Topliss-reactive ketones (excluding diaryl/α,β-unsaturated/α-hetero) is 1. The van der Waals surface area contributed by atoms with Gasteiger partial charge in [0.2, 0.25) is 10.0 Å². The van der Waals surface area contributed by atoms with Crippen LogP contribution in [0.1, 0.15) is 56.9 Å². The molecule has 1 aromatic carbocycles. The fourth-order valence-corrected chi connectivity index (χ4v) is 5.49. The molecule has 2 aliphatic carbocycles. The minimum atomic E-state index is -3.57. The average Bonchev–Trinajstić information content (AvgIpc) is 2.80. The number of carbonyl (C=O) groups excluding carboxylic acids is 1. The van der Waals surface area contributed by atoms with Crippen LogP contribution in [0, 0.1) is 12.3 Å². The highest BCUT2D eigenvalue weighted by Crippen LogP contribution is 2.46. The molecule has 1 aromatic rings. The smallest absolute Gasteiger partial charge is 0.240 e. The van der Waals surface area contributed by atoms with Gasteiger partial charge in [0.15, 0.2) is 0 Å². The molecule has 1 N–H and O–H groups in total. The van der Waals surface area contributed by atoms with Gasteiger partial charge in [0.25, 0.3) is 0 Å². The van der Waals surface area contributed by atoms with E-state index < -0.39 is 15.4 Å². The Kier molecular flexibility index (Phi) is 4.61. The lowest BCUT2D eigenvalue weighted by atomic mass is 9.75. The monoisotopic (exact) mass is 335 g/mol. The maximum absolute atomic E-state index is 12.7. The van der Waals surface area contributed by atoms with Crippen LogP contribution in [-0.4, -0.2) is 20.2 Å². The highest BCUT2D eigenvalue weighted by atomic mass is 32.2. The van der Waals surface area contributed by atoms with Crippen molar-refractivity contribution in [3.8, 4) is 0 Å². The van der Waals surface area contributed by atoms with Crippen LogP contribution in [-0.2, 0) is 14.8 Å². The van der Waals surface area contributed by atoms with E-state index in [1.54, 1.807) is 24.3 Å². The molecule has 0 bridgehead atoms. The molecule has 2 fully saturated rings. The number of carbonyl (C=O) groups is 1. The van der Waals surface area contributed by atoms with Crippen LogP contribution >= 0.6 is 0 Å². The molecule has 0 saturated heterocycles. The van der Waals surface area contributed by atoms with Gasteiger partial charge in [0, 0.05) is 17.9 Å². The van der Waals surface area contributed by atoms with Crippen molar-refractivity contribution >= 4 is 15.8 Å². The van der Waals surface area contributed by atoms with Gasteiger partial charge in [-0.15, -0.1) is 0 Å². The third kappa shape index (κ3) is 3.22. The lowest BCUT2D eigenvalue weighted by Gasteiger charge is -2.33. The molecule has 126 valence electrons. The van der Waals surface area contributed by atoms with Crippen molar-refractivity contribution in [2.75, 3.05) is 0 Å². The van der Waals surface area contributed by atoms with E-state index in [0.717, 1.165) is 50.5 Å². The summed E-state index contributed by atoms with van der Waals surface area (Å²) in [6.07, 6.45) is 6.98. The fourth-order valence-electron chi connectivity index (χ4n) is 4.14. The van der Waals surface area contributed by atoms with E-state index in [1.165, 1.54) is 0 Å². The lowest BCUT2D eigenvalue weighted by Crippen LogP contribution is -2.48. The number of sulfonamides is 1. The summed E-state index contributed by atoms with van der Waals surface area (Å²) < 4.78 is 28.3. The average molecular weight is 335 g/mol. The summed E-state index contributed by atoms with van der Waals surface area (Å²) in [5.74, 6) is 0.268. The summed E-state index contributed by atoms with van der Waals surface area (Å²) in [4.78, 5) is 13.0. The molecule has 2 aliphatic rings. The van der Waals surface area contributed by atoms with Gasteiger partial charge in [-0.2, -0.15) is 0 Å². The third-order valence-corrected chi connectivity index (χ3v) is 6.98. The number of aryl methyl sites for hydroxylation is 1. The maximum Gasteiger partial charge on any atom is 0.240 e. The lowest BCUT2D eigenvalue weighted by molar-refractivity contribution is -0.129. The molecule has 0 heterocycles. The van der Waals surface area contributed by atoms with Crippen molar-refractivity contribution in [2.45, 2.75) is 69.2 Å². The van der Waals surface area contributed by atoms with Gasteiger partial charge in [0.05, 0.1) is 4.90 Å². The normalized spacial score (nSPS) is 28.9. The Morgan fingerprint density at radius 3 is 2.48 bits per heavy atom. The molecular weight excluding hydrogens is 310 g/mol. The first-order valence-electron chi connectivity index (χ1n) is 8.56. The number of benzene rings is 1. The molecule has 2 saturated carbocycles. The van der Waals surface area contributed by atoms with E-state index >= 15 is 0 Å². The summed E-state index contributed by atoms with van der Waals surface area (Å²) in [5, 5.41) is 0. The number of hydrogen-bond donors (Lipinski definition) is 1. The molecule has 0 unspecified atom stereocenters. The van der Waals surface area contributed by atoms with Gasteiger partial charge >= 0.3 is 0 Å². The number of rotatable bonds is 3. The second kappa shape index (κ2) is 6.36. The zero-order valence-corrected chi connectivity index (χ0v) is 14.5. The Balaban J connectivity index is 1.85. The molecule has 0 aliphatic heterocycles. The predicted octanol–water partition coefficient (Wildman–Crippen LogP) is 3.35. The van der Waals surface area contributed by atoms with Crippen LogP contribution in [0.2, 0.25) is 0 Å². The number of nitrogens with one attached hydrogen (secondary N) is 1. The van der Waals surface area contributed by atoms with Crippen LogP contribution < -0.4 is 4.72 Å². The van der Waals surface area contributed by atoms with Crippen LogP contribution in [0.25, 0.3) is 0 Å². The Hall–Kier alpha value is -1.20. The molecule has 2 atom stereocenters. The zero-order valence-electron chi connectivity index (χ0n) is 13.7. The Morgan fingerprint density at radius 2 is 1.74 bits per heavy atom. The standard InChI is InChI=1S/C18H25NO3S/c1-14-8-10-15(11-9-14)23(21,22)19-16-6-5-13-18(16)12-4-2-3-7-17(18)20/h8-11,16,19H,2-7,12-13H2,1H3/t16-,18+/m0/s1. The van der Waals surface area contributed by atoms with Gasteiger partial charge in [-0.1, -0.05) is 37.0 Å². The largest absolute Gasteiger partial charge is 0.299 e. The van der Waals surface area contributed by atoms with E-state index in [-0.39, 0.29) is 16.7 Å². The van der Waals surface area contributed by atoms with Gasteiger partial charge in [0.1, 0.15) is 5.78 Å². The van der Waals surface area contributed by atoms with Crippen molar-refractivity contribution < 1.29 is 13.2 Å². The molecule has 23 heavy (non-hydrogen) atoms. The quantitative estimate of drug-likeness (QED) is 0.921. The van der Waals surface area contributed by atoms with Crippen molar-refractivity contribution in [3.63, 3.8) is 0 Å². The summed E-state index contributed by atoms with van der Waals surface area (Å²) in [7, 11) is -3.57. The van der Waals surface area contributed by atoms with E-state index in [1.807, 2.05) is 6.92 Å². The van der Waals surface area contributed by atoms with Crippen molar-refractivity contribution in [2.24, 2.45) is 5.41 Å². The summed E-state index contributed by atoms with van der Waals surface area (Å²) >= 11 is 0. The van der Waals surface area contributed by atoms with Crippen LogP contribution in [0.5, 0.6) is 0 Å². The van der Waals surface area contributed by atoms with Crippen molar-refractivity contribution in [1.82, 2.24) is 4.72 Å². The minimum Gasteiger partial charge on any atom is -0.299 e. The van der Waals surface area contributed by atoms with Crippen molar-refractivity contribution in [1.29, 1.82) is 0 Å². The van der Waals surface area contributed by atoms with Crippen molar-refractivity contribution in [3.05, 3.63) is 29.8 Å². The first kappa shape index (κ1) is 16.7.